The standard InChI is InChI=1S/C24H36N2O4/c1-9-30-22(28)20-18(24(6,7)8)21(27)19(17-13-11-10-12-14-17)26(20)23(29)25(15(2)3)16(4)5/h10-16,18-20H,9H2,1-8H3/t18-,19+,20+/m0/s1. The maximum absolute atomic E-state index is 13.8. The van der Waals surface area contributed by atoms with Crippen LogP contribution in [0.4, 0.5) is 4.79 Å². The van der Waals surface area contributed by atoms with Crippen LogP contribution >= 0.6 is 0 Å². The molecule has 2 rings (SSSR count). The van der Waals surface area contributed by atoms with Crippen LogP contribution in [0.25, 0.3) is 0 Å². The van der Waals surface area contributed by atoms with E-state index in [4.69, 9.17) is 4.74 Å². The van der Waals surface area contributed by atoms with Crippen LogP contribution in [-0.2, 0) is 14.3 Å². The molecule has 0 saturated carbocycles. The van der Waals surface area contributed by atoms with Gasteiger partial charge in [0, 0.05) is 12.1 Å². The van der Waals surface area contributed by atoms with Gasteiger partial charge in [0.1, 0.15) is 12.1 Å². The van der Waals surface area contributed by atoms with E-state index < -0.39 is 29.4 Å². The Hall–Kier alpha value is -2.37. The first-order valence-electron chi connectivity index (χ1n) is 10.8. The Balaban J connectivity index is 2.71. The van der Waals surface area contributed by atoms with Gasteiger partial charge in [-0.15, -0.1) is 0 Å². The van der Waals surface area contributed by atoms with Crippen LogP contribution in [0.5, 0.6) is 0 Å². The fraction of sp³-hybridized carbons (Fsp3) is 0.625. The number of esters is 1. The van der Waals surface area contributed by atoms with Gasteiger partial charge in [-0.05, 0) is 45.6 Å². The molecule has 0 bridgehead atoms. The number of hydrogen-bond acceptors (Lipinski definition) is 4. The van der Waals surface area contributed by atoms with E-state index in [9.17, 15) is 14.4 Å². The fourth-order valence-corrected chi connectivity index (χ4v) is 4.52. The number of carbonyl (C=O) groups is 3. The molecule has 0 N–H and O–H groups in total. The van der Waals surface area contributed by atoms with Gasteiger partial charge in [0.05, 0.1) is 12.5 Å². The Morgan fingerprint density at radius 2 is 1.60 bits per heavy atom. The minimum atomic E-state index is -0.963. The first kappa shape index (κ1) is 23.9. The van der Waals surface area contributed by atoms with Gasteiger partial charge in [-0.1, -0.05) is 51.1 Å². The minimum absolute atomic E-state index is 0.0828. The number of ketones is 1. The van der Waals surface area contributed by atoms with Gasteiger partial charge >= 0.3 is 12.0 Å². The number of ether oxygens (including phenoxy) is 1. The highest BCUT2D eigenvalue weighted by atomic mass is 16.5. The normalized spacial score (nSPS) is 22.0. The molecule has 30 heavy (non-hydrogen) atoms. The zero-order chi connectivity index (χ0) is 22.8. The Morgan fingerprint density at radius 1 is 1.07 bits per heavy atom. The molecule has 166 valence electrons. The van der Waals surface area contributed by atoms with Gasteiger partial charge in [0.2, 0.25) is 0 Å². The van der Waals surface area contributed by atoms with E-state index >= 15 is 0 Å². The number of carbonyl (C=O) groups excluding carboxylic acids is 3. The van der Waals surface area contributed by atoms with Gasteiger partial charge in [-0.25, -0.2) is 9.59 Å². The van der Waals surface area contributed by atoms with E-state index in [2.05, 4.69) is 0 Å². The highest BCUT2D eigenvalue weighted by molar-refractivity contribution is 6.01. The summed E-state index contributed by atoms with van der Waals surface area (Å²) < 4.78 is 5.36. The number of nitrogens with zero attached hydrogens (tertiary/aromatic N) is 2. The smallest absolute Gasteiger partial charge is 0.329 e. The molecule has 1 aromatic carbocycles. The third-order valence-electron chi connectivity index (χ3n) is 5.60. The molecule has 6 heteroatoms. The van der Waals surface area contributed by atoms with Crippen LogP contribution in [0.1, 0.15) is 67.0 Å². The lowest BCUT2D eigenvalue weighted by Crippen LogP contribution is -2.55. The van der Waals surface area contributed by atoms with E-state index in [0.29, 0.717) is 5.56 Å². The molecule has 6 nitrogen and oxygen atoms in total. The van der Waals surface area contributed by atoms with Crippen molar-refractivity contribution in [3.05, 3.63) is 35.9 Å². The van der Waals surface area contributed by atoms with Gasteiger partial charge in [0.25, 0.3) is 0 Å². The van der Waals surface area contributed by atoms with Gasteiger partial charge in [-0.2, -0.15) is 0 Å². The summed E-state index contributed by atoms with van der Waals surface area (Å²) in [6.07, 6.45) is 0. The van der Waals surface area contributed by atoms with E-state index in [0.717, 1.165) is 0 Å². The molecule has 0 spiro atoms. The van der Waals surface area contributed by atoms with Gasteiger partial charge < -0.3 is 9.64 Å². The monoisotopic (exact) mass is 416 g/mol. The van der Waals surface area contributed by atoms with Crippen molar-refractivity contribution in [1.29, 1.82) is 0 Å². The Morgan fingerprint density at radius 3 is 2.03 bits per heavy atom. The third kappa shape index (κ3) is 4.52. The molecular weight excluding hydrogens is 380 g/mol. The van der Waals surface area contributed by atoms with Crippen molar-refractivity contribution < 1.29 is 19.1 Å². The minimum Gasteiger partial charge on any atom is -0.464 e. The number of urea groups is 1. The van der Waals surface area contributed by atoms with Crippen molar-refractivity contribution >= 4 is 17.8 Å². The molecule has 3 atom stereocenters. The average Bonchev–Trinajstić information content (AvgIpc) is 2.95. The second-order valence-corrected chi connectivity index (χ2v) is 9.54. The second kappa shape index (κ2) is 9.19. The zero-order valence-corrected chi connectivity index (χ0v) is 19.5. The van der Waals surface area contributed by atoms with Crippen molar-refractivity contribution in [3.63, 3.8) is 0 Å². The SMILES string of the molecule is CCOC(=O)[C@H]1[C@H](C(C)(C)C)C(=O)[C@@H](c2ccccc2)N1C(=O)N(C(C)C)C(C)C. The Kier molecular flexibility index (Phi) is 7.32. The summed E-state index contributed by atoms with van der Waals surface area (Å²) in [5.74, 6) is -1.30. The lowest BCUT2D eigenvalue weighted by atomic mass is 9.74. The molecule has 0 aliphatic carbocycles. The van der Waals surface area contributed by atoms with Crippen molar-refractivity contribution in [2.75, 3.05) is 6.61 Å². The second-order valence-electron chi connectivity index (χ2n) is 9.54. The lowest BCUT2D eigenvalue weighted by molar-refractivity contribution is -0.151. The van der Waals surface area contributed by atoms with Crippen LogP contribution in [0, 0.1) is 11.3 Å². The maximum Gasteiger partial charge on any atom is 0.329 e. The Bertz CT molecular complexity index is 759. The molecule has 1 aliphatic rings. The summed E-state index contributed by atoms with van der Waals surface area (Å²) in [5.41, 5.74) is 0.196. The number of benzene rings is 1. The summed E-state index contributed by atoms with van der Waals surface area (Å²) in [4.78, 5) is 43.9. The molecular formula is C24H36N2O4. The topological polar surface area (TPSA) is 66.9 Å². The van der Waals surface area contributed by atoms with E-state index in [1.54, 1.807) is 11.8 Å². The number of hydrogen-bond donors (Lipinski definition) is 0. The average molecular weight is 417 g/mol. The molecule has 0 unspecified atom stereocenters. The van der Waals surface area contributed by atoms with Gasteiger partial charge in [-0.3, -0.25) is 9.69 Å². The molecule has 2 amide bonds. The number of Topliss-reactive ketones (excluding diaryl/α,β-unsaturated/α-hetero) is 1. The summed E-state index contributed by atoms with van der Waals surface area (Å²) in [7, 11) is 0. The lowest BCUT2D eigenvalue weighted by Gasteiger charge is -2.39. The van der Waals surface area contributed by atoms with E-state index in [-0.39, 0.29) is 30.5 Å². The molecule has 0 radical (unpaired) electrons. The fourth-order valence-electron chi connectivity index (χ4n) is 4.52. The van der Waals surface area contributed by atoms with Crippen LogP contribution in [0.15, 0.2) is 30.3 Å². The van der Waals surface area contributed by atoms with Crippen LogP contribution < -0.4 is 0 Å². The van der Waals surface area contributed by atoms with Crippen molar-refractivity contribution in [3.8, 4) is 0 Å². The van der Waals surface area contributed by atoms with Crippen molar-refractivity contribution in [2.24, 2.45) is 11.3 Å². The number of amides is 2. The zero-order valence-electron chi connectivity index (χ0n) is 19.5. The first-order valence-corrected chi connectivity index (χ1v) is 10.8. The van der Waals surface area contributed by atoms with Crippen LogP contribution in [0.3, 0.4) is 0 Å². The van der Waals surface area contributed by atoms with E-state index in [1.807, 2.05) is 78.8 Å². The summed E-state index contributed by atoms with van der Waals surface area (Å²) in [6.45, 7) is 15.5. The highest BCUT2D eigenvalue weighted by Crippen LogP contribution is 2.46. The van der Waals surface area contributed by atoms with Crippen molar-refractivity contribution in [2.45, 2.75) is 79.6 Å². The largest absolute Gasteiger partial charge is 0.464 e. The molecule has 1 heterocycles. The van der Waals surface area contributed by atoms with Crippen molar-refractivity contribution in [1.82, 2.24) is 9.80 Å². The van der Waals surface area contributed by atoms with Crippen LogP contribution in [0.2, 0.25) is 0 Å². The summed E-state index contributed by atoms with van der Waals surface area (Å²) >= 11 is 0. The van der Waals surface area contributed by atoms with Gasteiger partial charge in [0.15, 0.2) is 5.78 Å². The predicted molar refractivity (Wildman–Crippen MR) is 117 cm³/mol. The molecule has 1 saturated heterocycles. The number of likely N-dealkylation sites (tertiary alicyclic amines) is 1. The molecule has 1 fully saturated rings. The highest BCUT2D eigenvalue weighted by Gasteiger charge is 2.59. The van der Waals surface area contributed by atoms with E-state index in [1.165, 1.54) is 4.90 Å². The summed E-state index contributed by atoms with van der Waals surface area (Å²) in [6, 6.07) is 6.97. The maximum atomic E-state index is 13.8. The predicted octanol–water partition coefficient (Wildman–Crippen LogP) is 4.45. The Labute approximate surface area is 180 Å². The molecule has 1 aromatic rings. The first-order chi connectivity index (χ1) is 13.9. The van der Waals surface area contributed by atoms with Crippen LogP contribution in [-0.4, -0.2) is 52.3 Å². The summed E-state index contributed by atoms with van der Waals surface area (Å²) in [5, 5.41) is 0. The number of rotatable bonds is 5. The third-order valence-corrected chi connectivity index (χ3v) is 5.60. The molecule has 0 aromatic heterocycles. The quantitative estimate of drug-likeness (QED) is 0.665. The molecule has 1 aliphatic heterocycles.